The molecule has 6 nitrogen and oxygen atoms in total. The van der Waals surface area contributed by atoms with Gasteiger partial charge in [-0.2, -0.15) is 0 Å². The van der Waals surface area contributed by atoms with E-state index in [0.717, 1.165) is 12.8 Å². The number of rotatable bonds is 1. The molecule has 0 bridgehead atoms. The van der Waals surface area contributed by atoms with Crippen molar-refractivity contribution in [2.45, 2.75) is 44.8 Å². The molecule has 0 aromatic carbocycles. The smallest absolute Gasteiger partial charge is 0.326 e. The summed E-state index contributed by atoms with van der Waals surface area (Å²) in [5, 5.41) is 18.9. The fraction of sp³-hybridized carbons (Fsp3) is 0.846. The Morgan fingerprint density at radius 2 is 1.95 bits per heavy atom. The van der Waals surface area contributed by atoms with Crippen molar-refractivity contribution in [2.75, 3.05) is 19.6 Å². The Bertz CT molecular complexity index is 361. The molecule has 2 aliphatic heterocycles. The number of urea groups is 1. The van der Waals surface area contributed by atoms with Gasteiger partial charge < -0.3 is 20.0 Å². The molecule has 2 amide bonds. The van der Waals surface area contributed by atoms with Crippen LogP contribution in [-0.2, 0) is 4.79 Å². The van der Waals surface area contributed by atoms with E-state index in [2.05, 4.69) is 0 Å². The minimum atomic E-state index is -0.933. The number of carbonyl (C=O) groups excluding carboxylic acids is 1. The number of nitrogens with zero attached hydrogens (tertiary/aromatic N) is 2. The molecular formula is C13H22N2O4. The highest BCUT2D eigenvalue weighted by Crippen LogP contribution is 2.24. The molecule has 2 aliphatic rings. The normalized spacial score (nSPS) is 32.2. The average molecular weight is 270 g/mol. The van der Waals surface area contributed by atoms with Gasteiger partial charge in [0, 0.05) is 19.6 Å². The zero-order valence-corrected chi connectivity index (χ0v) is 11.3. The van der Waals surface area contributed by atoms with Crippen molar-refractivity contribution in [3.63, 3.8) is 0 Å². The Morgan fingerprint density at radius 1 is 1.21 bits per heavy atom. The van der Waals surface area contributed by atoms with Crippen molar-refractivity contribution in [1.29, 1.82) is 0 Å². The Balaban J connectivity index is 2.05. The first-order valence-corrected chi connectivity index (χ1v) is 6.95. The van der Waals surface area contributed by atoms with E-state index in [-0.39, 0.29) is 6.03 Å². The highest BCUT2D eigenvalue weighted by atomic mass is 16.4. The maximum Gasteiger partial charge on any atom is 0.326 e. The number of likely N-dealkylation sites (tertiary alicyclic amines) is 2. The van der Waals surface area contributed by atoms with Crippen LogP contribution < -0.4 is 0 Å². The zero-order valence-electron chi connectivity index (χ0n) is 11.3. The van der Waals surface area contributed by atoms with Crippen molar-refractivity contribution in [3.8, 4) is 0 Å². The summed E-state index contributed by atoms with van der Waals surface area (Å²) >= 11 is 0. The molecule has 2 rings (SSSR count). The summed E-state index contributed by atoms with van der Waals surface area (Å²) in [6.07, 6.45) is 2.35. The lowest BCUT2D eigenvalue weighted by Gasteiger charge is -2.40. The van der Waals surface area contributed by atoms with Crippen LogP contribution in [0.4, 0.5) is 4.79 Å². The molecule has 0 aromatic heterocycles. The predicted molar refractivity (Wildman–Crippen MR) is 68.7 cm³/mol. The molecule has 0 saturated carbocycles. The van der Waals surface area contributed by atoms with Gasteiger partial charge in [-0.25, -0.2) is 9.59 Å². The number of carboxylic acids is 1. The fourth-order valence-corrected chi connectivity index (χ4v) is 2.91. The van der Waals surface area contributed by atoms with Crippen LogP contribution in [0.15, 0.2) is 0 Å². The topological polar surface area (TPSA) is 81.1 Å². The van der Waals surface area contributed by atoms with Crippen LogP contribution in [0.3, 0.4) is 0 Å². The van der Waals surface area contributed by atoms with E-state index in [1.165, 1.54) is 4.90 Å². The first-order valence-electron chi connectivity index (χ1n) is 6.95. The first kappa shape index (κ1) is 14.1. The lowest BCUT2D eigenvalue weighted by atomic mass is 9.92. The quantitative estimate of drug-likeness (QED) is 0.736. The number of carbonyl (C=O) groups is 2. The molecule has 2 fully saturated rings. The second-order valence-electron chi connectivity index (χ2n) is 5.70. The molecule has 2 saturated heterocycles. The molecule has 3 atom stereocenters. The van der Waals surface area contributed by atoms with Crippen LogP contribution in [0, 0.1) is 5.92 Å². The summed E-state index contributed by atoms with van der Waals surface area (Å²) in [6.45, 7) is 3.43. The number of amides is 2. The van der Waals surface area contributed by atoms with Crippen molar-refractivity contribution in [1.82, 2.24) is 9.80 Å². The van der Waals surface area contributed by atoms with Crippen molar-refractivity contribution < 1.29 is 19.8 Å². The van der Waals surface area contributed by atoms with E-state index in [9.17, 15) is 19.8 Å². The number of aliphatic carboxylic acids is 1. The standard InChI is InChI=1S/C13H22N2O4/c1-9-4-6-15(11(7-9)12(17)18)13(19)14-5-2-3-10(16)8-14/h9-11,16H,2-8H2,1H3,(H,17,18). The van der Waals surface area contributed by atoms with E-state index in [1.54, 1.807) is 4.90 Å². The summed E-state index contributed by atoms with van der Waals surface area (Å²) in [7, 11) is 0. The van der Waals surface area contributed by atoms with Crippen LogP contribution in [0.5, 0.6) is 0 Å². The molecule has 2 N–H and O–H groups in total. The van der Waals surface area contributed by atoms with Gasteiger partial charge in [0.2, 0.25) is 0 Å². The third-order valence-electron chi connectivity index (χ3n) is 4.06. The van der Waals surface area contributed by atoms with Gasteiger partial charge in [0.15, 0.2) is 0 Å². The van der Waals surface area contributed by atoms with E-state index >= 15 is 0 Å². The average Bonchev–Trinajstić information content (AvgIpc) is 2.37. The summed E-state index contributed by atoms with van der Waals surface area (Å²) in [5.41, 5.74) is 0. The van der Waals surface area contributed by atoms with Crippen LogP contribution in [0.25, 0.3) is 0 Å². The van der Waals surface area contributed by atoms with Gasteiger partial charge in [0.1, 0.15) is 6.04 Å². The predicted octanol–water partition coefficient (Wildman–Crippen LogP) is 0.748. The molecule has 108 valence electrons. The number of piperidine rings is 2. The molecule has 0 aromatic rings. The van der Waals surface area contributed by atoms with Gasteiger partial charge in [-0.1, -0.05) is 6.92 Å². The second-order valence-corrected chi connectivity index (χ2v) is 5.70. The van der Waals surface area contributed by atoms with Gasteiger partial charge in [-0.05, 0) is 31.6 Å². The molecule has 0 aliphatic carbocycles. The Kier molecular flexibility index (Phi) is 4.29. The summed E-state index contributed by atoms with van der Waals surface area (Å²) in [6, 6.07) is -0.964. The van der Waals surface area contributed by atoms with Gasteiger partial charge in [-0.15, -0.1) is 0 Å². The van der Waals surface area contributed by atoms with E-state index in [1.807, 2.05) is 6.92 Å². The van der Waals surface area contributed by atoms with Crippen LogP contribution in [0.1, 0.15) is 32.6 Å². The summed E-state index contributed by atoms with van der Waals surface area (Å²) < 4.78 is 0. The van der Waals surface area contributed by atoms with Crippen molar-refractivity contribution in [3.05, 3.63) is 0 Å². The highest BCUT2D eigenvalue weighted by molar-refractivity contribution is 5.83. The number of hydrogen-bond donors (Lipinski definition) is 2. The van der Waals surface area contributed by atoms with Crippen molar-refractivity contribution in [2.24, 2.45) is 5.92 Å². The molecule has 0 spiro atoms. The lowest BCUT2D eigenvalue weighted by molar-refractivity contribution is -0.144. The van der Waals surface area contributed by atoms with Crippen LogP contribution in [0.2, 0.25) is 0 Å². The SMILES string of the molecule is CC1CCN(C(=O)N2CCCC(O)C2)C(C(=O)O)C1. The van der Waals surface area contributed by atoms with E-state index < -0.39 is 18.1 Å². The summed E-state index contributed by atoms with van der Waals surface area (Å²) in [5.74, 6) is -0.602. The summed E-state index contributed by atoms with van der Waals surface area (Å²) in [4.78, 5) is 26.7. The molecular weight excluding hydrogens is 248 g/mol. The fourth-order valence-electron chi connectivity index (χ4n) is 2.91. The maximum absolute atomic E-state index is 12.4. The van der Waals surface area contributed by atoms with Crippen molar-refractivity contribution >= 4 is 12.0 Å². The molecule has 2 heterocycles. The Labute approximate surface area is 113 Å². The van der Waals surface area contributed by atoms with Crippen LogP contribution in [-0.4, -0.2) is 63.8 Å². The number of hydrogen-bond acceptors (Lipinski definition) is 3. The molecule has 3 unspecified atom stereocenters. The van der Waals surface area contributed by atoms with Crippen LogP contribution >= 0.6 is 0 Å². The zero-order chi connectivity index (χ0) is 14.0. The number of aliphatic hydroxyl groups is 1. The van der Waals surface area contributed by atoms with Gasteiger partial charge >= 0.3 is 12.0 Å². The van der Waals surface area contributed by atoms with E-state index in [4.69, 9.17) is 0 Å². The Morgan fingerprint density at radius 3 is 2.58 bits per heavy atom. The van der Waals surface area contributed by atoms with E-state index in [0.29, 0.717) is 38.4 Å². The van der Waals surface area contributed by atoms with Gasteiger partial charge in [-0.3, -0.25) is 0 Å². The monoisotopic (exact) mass is 270 g/mol. The molecule has 0 radical (unpaired) electrons. The maximum atomic E-state index is 12.4. The number of aliphatic hydroxyl groups excluding tert-OH is 1. The second kappa shape index (κ2) is 5.77. The number of carboxylic acid groups (broad SMARTS) is 1. The third-order valence-corrected chi connectivity index (χ3v) is 4.06. The first-order chi connectivity index (χ1) is 8.99. The molecule has 19 heavy (non-hydrogen) atoms. The molecule has 6 heteroatoms. The Hall–Kier alpha value is -1.30. The largest absolute Gasteiger partial charge is 0.480 e. The van der Waals surface area contributed by atoms with Gasteiger partial charge in [0.05, 0.1) is 6.10 Å². The lowest BCUT2D eigenvalue weighted by Crippen LogP contribution is -2.56. The number of β-amino-alcohol motifs (C(OH)–C–C–N with tert-alkyl or cyclic N) is 1. The van der Waals surface area contributed by atoms with Gasteiger partial charge in [0.25, 0.3) is 0 Å². The minimum Gasteiger partial charge on any atom is -0.480 e. The third kappa shape index (κ3) is 3.18. The highest BCUT2D eigenvalue weighted by Gasteiger charge is 2.37. The minimum absolute atomic E-state index is 0.238.